The van der Waals surface area contributed by atoms with Gasteiger partial charge < -0.3 is 15.2 Å². The fourth-order valence-corrected chi connectivity index (χ4v) is 4.58. The summed E-state index contributed by atoms with van der Waals surface area (Å²) in [4.78, 5) is 34.7. The minimum absolute atomic E-state index is 0.0943. The highest BCUT2D eigenvalue weighted by Gasteiger charge is 2.12. The molecule has 0 spiro atoms. The third-order valence-corrected chi connectivity index (χ3v) is 7.08. The second-order valence-electron chi connectivity index (χ2n) is 11.1. The first-order valence-corrected chi connectivity index (χ1v) is 16.5. The van der Waals surface area contributed by atoms with Gasteiger partial charge in [0.15, 0.2) is 0 Å². The maximum atomic E-state index is 12.5. The first-order valence-electron chi connectivity index (χ1n) is 16.5. The van der Waals surface area contributed by atoms with Crippen LogP contribution in [0, 0.1) is 0 Å². The number of allylic oxidation sites excluding steroid dienone is 3. The van der Waals surface area contributed by atoms with Crippen LogP contribution in [0.15, 0.2) is 24.3 Å². The molecule has 0 saturated heterocycles. The highest BCUT2D eigenvalue weighted by molar-refractivity contribution is 5.80. The molecular weight excluding hydrogens is 502 g/mol. The van der Waals surface area contributed by atoms with E-state index >= 15 is 0 Å². The molecule has 232 valence electrons. The van der Waals surface area contributed by atoms with E-state index in [1.165, 1.54) is 77.0 Å². The summed E-state index contributed by atoms with van der Waals surface area (Å²) in [7, 11) is 0. The fourth-order valence-electron chi connectivity index (χ4n) is 4.58. The van der Waals surface area contributed by atoms with Crippen LogP contribution in [-0.4, -0.2) is 35.6 Å². The number of hydrogen-bond acceptors (Lipinski definition) is 4. The molecule has 6 heteroatoms. The van der Waals surface area contributed by atoms with Crippen LogP contribution in [0.3, 0.4) is 0 Å². The van der Waals surface area contributed by atoms with E-state index < -0.39 is 5.97 Å². The monoisotopic (exact) mass is 563 g/mol. The van der Waals surface area contributed by atoms with E-state index in [0.29, 0.717) is 12.8 Å². The molecule has 1 unspecified atom stereocenters. The zero-order valence-corrected chi connectivity index (χ0v) is 25.9. The highest BCUT2D eigenvalue weighted by atomic mass is 16.5. The van der Waals surface area contributed by atoms with Crippen molar-refractivity contribution in [2.45, 2.75) is 168 Å². The number of rotatable bonds is 29. The molecule has 0 saturated carbocycles. The van der Waals surface area contributed by atoms with Gasteiger partial charge in [0.1, 0.15) is 12.6 Å². The maximum Gasteiger partial charge on any atom is 0.322 e. The van der Waals surface area contributed by atoms with Crippen LogP contribution in [0.25, 0.3) is 0 Å². The molecule has 0 heterocycles. The number of aliphatic carboxylic acids is 1. The summed E-state index contributed by atoms with van der Waals surface area (Å²) >= 11 is 0. The van der Waals surface area contributed by atoms with Gasteiger partial charge in [-0.3, -0.25) is 14.4 Å². The highest BCUT2D eigenvalue weighted by Crippen LogP contribution is 2.15. The minimum atomic E-state index is -1.03. The van der Waals surface area contributed by atoms with E-state index in [4.69, 9.17) is 9.84 Å². The van der Waals surface area contributed by atoms with Gasteiger partial charge in [-0.15, -0.1) is 0 Å². The van der Waals surface area contributed by atoms with Crippen LogP contribution in [0.1, 0.15) is 162 Å². The number of ether oxygens (including phenoxy) is 1. The van der Waals surface area contributed by atoms with E-state index in [2.05, 4.69) is 43.5 Å². The average Bonchev–Trinajstić information content (AvgIpc) is 2.93. The summed E-state index contributed by atoms with van der Waals surface area (Å²) in [5, 5.41) is 11.0. The lowest BCUT2D eigenvalue weighted by Gasteiger charge is -2.15. The molecular formula is C34H61NO5. The number of carboxylic acids is 1. The van der Waals surface area contributed by atoms with Gasteiger partial charge in [0.25, 0.3) is 0 Å². The van der Waals surface area contributed by atoms with Crippen molar-refractivity contribution in [2.24, 2.45) is 0 Å². The lowest BCUT2D eigenvalue weighted by atomic mass is 10.1. The van der Waals surface area contributed by atoms with Crippen molar-refractivity contribution in [1.29, 1.82) is 0 Å². The summed E-state index contributed by atoms with van der Waals surface area (Å²) in [5.41, 5.74) is 0. The van der Waals surface area contributed by atoms with E-state index in [-0.39, 0.29) is 24.5 Å². The Morgan fingerprint density at radius 2 is 1.18 bits per heavy atom. The Kier molecular flexibility index (Phi) is 28.3. The normalized spacial score (nSPS) is 12.2. The lowest BCUT2D eigenvalue weighted by molar-refractivity contribution is -0.147. The summed E-state index contributed by atoms with van der Waals surface area (Å²) in [6.45, 7) is 4.13. The van der Waals surface area contributed by atoms with Crippen molar-refractivity contribution in [3.05, 3.63) is 24.3 Å². The Bertz CT molecular complexity index is 673. The molecule has 0 aromatic rings. The van der Waals surface area contributed by atoms with Crippen LogP contribution >= 0.6 is 0 Å². The van der Waals surface area contributed by atoms with Gasteiger partial charge in [-0.05, 0) is 63.9 Å². The Balaban J connectivity index is 4.23. The van der Waals surface area contributed by atoms with Crippen molar-refractivity contribution >= 4 is 17.8 Å². The fraction of sp³-hybridized carbons (Fsp3) is 0.794. The number of amides is 1. The van der Waals surface area contributed by atoms with Gasteiger partial charge >= 0.3 is 11.9 Å². The van der Waals surface area contributed by atoms with Crippen LogP contribution in [0.5, 0.6) is 0 Å². The molecule has 0 aliphatic carbocycles. The zero-order chi connectivity index (χ0) is 29.5. The topological polar surface area (TPSA) is 92.7 Å². The van der Waals surface area contributed by atoms with Crippen molar-refractivity contribution in [1.82, 2.24) is 5.32 Å². The first-order chi connectivity index (χ1) is 19.5. The molecule has 40 heavy (non-hydrogen) atoms. The van der Waals surface area contributed by atoms with E-state index in [9.17, 15) is 14.4 Å². The number of carboxylic acid groups (broad SMARTS) is 1. The molecule has 0 radical (unpaired) electrons. The van der Waals surface area contributed by atoms with Crippen molar-refractivity contribution < 1.29 is 24.2 Å². The molecule has 0 rings (SSSR count). The Hall–Kier alpha value is -2.11. The van der Waals surface area contributed by atoms with Gasteiger partial charge in [-0.25, -0.2) is 0 Å². The maximum absolute atomic E-state index is 12.5. The van der Waals surface area contributed by atoms with Crippen LogP contribution in [-0.2, 0) is 19.1 Å². The smallest absolute Gasteiger partial charge is 0.322 e. The molecule has 0 aromatic heterocycles. The zero-order valence-electron chi connectivity index (χ0n) is 25.9. The number of nitrogens with one attached hydrogen (secondary N) is 1. The van der Waals surface area contributed by atoms with Gasteiger partial charge in [0, 0.05) is 12.8 Å². The molecule has 1 atom stereocenters. The number of hydrogen-bond donors (Lipinski definition) is 2. The van der Waals surface area contributed by atoms with Crippen molar-refractivity contribution in [3.63, 3.8) is 0 Å². The Morgan fingerprint density at radius 1 is 0.650 bits per heavy atom. The molecule has 6 nitrogen and oxygen atoms in total. The third kappa shape index (κ3) is 28.9. The number of unbranched alkanes of at least 4 members (excludes halogenated alkanes) is 16. The molecule has 0 bridgehead atoms. The summed E-state index contributed by atoms with van der Waals surface area (Å²) in [6.07, 6.45) is 33.0. The number of esters is 1. The first kappa shape index (κ1) is 37.9. The van der Waals surface area contributed by atoms with Crippen LogP contribution < -0.4 is 5.32 Å². The van der Waals surface area contributed by atoms with Gasteiger partial charge in [0.2, 0.25) is 5.91 Å². The molecule has 0 aromatic carbocycles. The van der Waals surface area contributed by atoms with Gasteiger partial charge in [-0.2, -0.15) is 0 Å². The third-order valence-electron chi connectivity index (χ3n) is 7.08. The largest absolute Gasteiger partial charge is 0.480 e. The summed E-state index contributed by atoms with van der Waals surface area (Å²) in [5.74, 6) is -1.34. The molecule has 1 amide bonds. The second kappa shape index (κ2) is 29.9. The van der Waals surface area contributed by atoms with E-state index in [0.717, 1.165) is 57.8 Å². The molecule has 0 aliphatic rings. The predicted octanol–water partition coefficient (Wildman–Crippen LogP) is 9.22. The van der Waals surface area contributed by atoms with Gasteiger partial charge in [-0.1, -0.05) is 109 Å². The predicted molar refractivity (Wildman–Crippen MR) is 166 cm³/mol. The van der Waals surface area contributed by atoms with Crippen LogP contribution in [0.2, 0.25) is 0 Å². The summed E-state index contributed by atoms with van der Waals surface area (Å²) < 4.78 is 5.85. The Morgan fingerprint density at radius 3 is 1.82 bits per heavy atom. The standard InChI is InChI=1S/C34H61NO5/c1-3-5-7-9-11-13-14-15-17-19-25-29-34(39)40-31(26-22-18-16-12-10-8-6-4-2)27-23-20-21-24-28-32(36)35-30-33(37)38/h9,11,22,26,31H,3-8,10,12-21,23-25,27-30H2,1-2H3,(H,35,36)(H,37,38)/b11-9-,26-22-. The number of carbonyl (C=O) groups excluding carboxylic acids is 2. The molecule has 0 aliphatic heterocycles. The molecule has 0 fully saturated rings. The molecule has 2 N–H and O–H groups in total. The lowest BCUT2D eigenvalue weighted by Crippen LogP contribution is -2.28. The minimum Gasteiger partial charge on any atom is -0.480 e. The van der Waals surface area contributed by atoms with Crippen LogP contribution in [0.4, 0.5) is 0 Å². The van der Waals surface area contributed by atoms with Crippen molar-refractivity contribution in [2.75, 3.05) is 6.54 Å². The van der Waals surface area contributed by atoms with Gasteiger partial charge in [0.05, 0.1) is 0 Å². The second-order valence-corrected chi connectivity index (χ2v) is 11.1. The summed E-state index contributed by atoms with van der Waals surface area (Å²) in [6, 6.07) is 0. The van der Waals surface area contributed by atoms with Crippen molar-refractivity contribution in [3.8, 4) is 0 Å². The van der Waals surface area contributed by atoms with E-state index in [1.807, 2.05) is 0 Å². The number of carbonyl (C=O) groups is 3. The Labute approximate surface area is 245 Å². The SMILES string of the molecule is CCCC/C=C\CCCCCCCC(=O)OC(/C=C\CCCCCCCC)CCCCCCC(=O)NCC(=O)O. The quantitative estimate of drug-likeness (QED) is 0.0537. The van der Waals surface area contributed by atoms with E-state index in [1.54, 1.807) is 0 Å². The average molecular weight is 564 g/mol.